The molecule has 0 heterocycles. The summed E-state index contributed by atoms with van der Waals surface area (Å²) >= 11 is 0. The van der Waals surface area contributed by atoms with Gasteiger partial charge in [-0.2, -0.15) is 0 Å². The average molecular weight is 343 g/mol. The molecule has 1 rings (SSSR count). The molecule has 0 bridgehead atoms. The Morgan fingerprint density at radius 3 is 2.43 bits per heavy atom. The number of hydrogen-bond donors (Lipinski definition) is 2. The Bertz CT molecular complexity index is 681. The van der Waals surface area contributed by atoms with Gasteiger partial charge in [-0.05, 0) is 32.9 Å². The summed E-state index contributed by atoms with van der Waals surface area (Å²) in [6.07, 6.45) is 0. The SMILES string of the molecule is CCOc1ccccc1NC(=O)CS(=O)(=O)CC(C)(C)C(=O)O. The van der Waals surface area contributed by atoms with Crippen LogP contribution in [0, 0.1) is 5.41 Å². The number of aliphatic carboxylic acids is 1. The number of nitrogens with one attached hydrogen (secondary N) is 1. The monoisotopic (exact) mass is 343 g/mol. The average Bonchev–Trinajstić information content (AvgIpc) is 2.39. The number of ether oxygens (including phenoxy) is 1. The molecule has 0 aromatic heterocycles. The van der Waals surface area contributed by atoms with Gasteiger partial charge in [-0.15, -0.1) is 0 Å². The molecule has 2 N–H and O–H groups in total. The molecular formula is C15H21NO6S. The molecule has 0 saturated heterocycles. The zero-order valence-electron chi connectivity index (χ0n) is 13.3. The van der Waals surface area contributed by atoms with Gasteiger partial charge in [0, 0.05) is 0 Å². The minimum absolute atomic E-state index is 0.368. The minimum Gasteiger partial charge on any atom is -0.492 e. The van der Waals surface area contributed by atoms with Crippen molar-refractivity contribution in [1.82, 2.24) is 0 Å². The molecule has 0 radical (unpaired) electrons. The first-order valence-electron chi connectivity index (χ1n) is 7.03. The molecule has 0 aliphatic rings. The zero-order valence-corrected chi connectivity index (χ0v) is 14.1. The van der Waals surface area contributed by atoms with Crippen LogP contribution in [0.4, 0.5) is 5.69 Å². The maximum Gasteiger partial charge on any atom is 0.310 e. The van der Waals surface area contributed by atoms with Crippen molar-refractivity contribution < 1.29 is 27.9 Å². The number of para-hydroxylation sites is 2. The van der Waals surface area contributed by atoms with Crippen molar-refractivity contribution >= 4 is 27.4 Å². The van der Waals surface area contributed by atoms with Crippen molar-refractivity contribution in [2.45, 2.75) is 20.8 Å². The number of carbonyl (C=O) groups excluding carboxylic acids is 1. The highest BCUT2D eigenvalue weighted by atomic mass is 32.2. The third-order valence-electron chi connectivity index (χ3n) is 2.97. The predicted octanol–water partition coefficient (Wildman–Crippen LogP) is 1.55. The lowest BCUT2D eigenvalue weighted by Crippen LogP contribution is -2.35. The van der Waals surface area contributed by atoms with E-state index in [9.17, 15) is 18.0 Å². The topological polar surface area (TPSA) is 110 Å². The van der Waals surface area contributed by atoms with Crippen molar-refractivity contribution in [2.24, 2.45) is 5.41 Å². The molecule has 0 fully saturated rings. The highest BCUT2D eigenvalue weighted by Crippen LogP contribution is 2.24. The Labute approximate surface area is 135 Å². The van der Waals surface area contributed by atoms with Gasteiger partial charge in [-0.25, -0.2) is 8.42 Å². The molecule has 0 aliphatic heterocycles. The van der Waals surface area contributed by atoms with Crippen molar-refractivity contribution in [3.8, 4) is 5.75 Å². The van der Waals surface area contributed by atoms with Crippen LogP contribution in [0.25, 0.3) is 0 Å². The summed E-state index contributed by atoms with van der Waals surface area (Å²) in [5.41, 5.74) is -1.09. The van der Waals surface area contributed by atoms with Gasteiger partial charge in [0.05, 0.1) is 23.5 Å². The van der Waals surface area contributed by atoms with Crippen LogP contribution in [0.2, 0.25) is 0 Å². The number of carboxylic acids is 1. The molecule has 7 nitrogen and oxygen atoms in total. The molecule has 1 aromatic rings. The number of benzene rings is 1. The Hall–Kier alpha value is -2.09. The quantitative estimate of drug-likeness (QED) is 0.741. The molecule has 0 spiro atoms. The second-order valence-electron chi connectivity index (χ2n) is 5.70. The van der Waals surface area contributed by atoms with E-state index >= 15 is 0 Å². The van der Waals surface area contributed by atoms with Gasteiger partial charge in [-0.1, -0.05) is 12.1 Å². The van der Waals surface area contributed by atoms with Gasteiger partial charge in [-0.3, -0.25) is 9.59 Å². The van der Waals surface area contributed by atoms with Crippen LogP contribution < -0.4 is 10.1 Å². The number of amides is 1. The number of carbonyl (C=O) groups is 2. The summed E-state index contributed by atoms with van der Waals surface area (Å²) in [5, 5.41) is 11.5. The minimum atomic E-state index is -3.86. The fourth-order valence-electron chi connectivity index (χ4n) is 1.90. The molecule has 0 unspecified atom stereocenters. The Balaban J connectivity index is 2.79. The number of carboxylic acid groups (broad SMARTS) is 1. The van der Waals surface area contributed by atoms with Crippen LogP contribution in [0.5, 0.6) is 5.75 Å². The van der Waals surface area contributed by atoms with E-state index in [1.54, 1.807) is 31.2 Å². The fourth-order valence-corrected chi connectivity index (χ4v) is 3.70. The molecule has 23 heavy (non-hydrogen) atoms. The molecular weight excluding hydrogens is 322 g/mol. The molecule has 1 aromatic carbocycles. The first-order valence-corrected chi connectivity index (χ1v) is 8.85. The van der Waals surface area contributed by atoms with E-state index in [-0.39, 0.29) is 0 Å². The van der Waals surface area contributed by atoms with Crippen LogP contribution in [-0.2, 0) is 19.4 Å². The van der Waals surface area contributed by atoms with Crippen molar-refractivity contribution in [3.63, 3.8) is 0 Å². The molecule has 0 aliphatic carbocycles. The standard InChI is InChI=1S/C15H21NO6S/c1-4-22-12-8-6-5-7-11(12)16-13(17)9-23(20,21)10-15(2,3)14(18)19/h5-8H,4,9-10H2,1-3H3,(H,16,17)(H,18,19). The van der Waals surface area contributed by atoms with E-state index in [2.05, 4.69) is 5.32 Å². The molecule has 8 heteroatoms. The highest BCUT2D eigenvalue weighted by molar-refractivity contribution is 7.92. The van der Waals surface area contributed by atoms with Gasteiger partial charge < -0.3 is 15.2 Å². The van der Waals surface area contributed by atoms with E-state index in [1.807, 2.05) is 0 Å². The molecule has 128 valence electrons. The maximum absolute atomic E-state index is 12.0. The van der Waals surface area contributed by atoms with E-state index in [0.29, 0.717) is 18.0 Å². The first kappa shape index (κ1) is 19.0. The number of hydrogen-bond acceptors (Lipinski definition) is 5. The van der Waals surface area contributed by atoms with Crippen LogP contribution in [0.1, 0.15) is 20.8 Å². The molecule has 0 atom stereocenters. The summed E-state index contributed by atoms with van der Waals surface area (Å²) in [7, 11) is -3.86. The summed E-state index contributed by atoms with van der Waals surface area (Å²) in [6.45, 7) is 4.79. The second kappa shape index (κ2) is 7.45. The summed E-state index contributed by atoms with van der Waals surface area (Å²) in [5.74, 6) is -2.94. The van der Waals surface area contributed by atoms with Crippen molar-refractivity contribution in [2.75, 3.05) is 23.4 Å². The van der Waals surface area contributed by atoms with E-state index in [4.69, 9.17) is 9.84 Å². The number of rotatable bonds is 8. The summed E-state index contributed by atoms with van der Waals surface area (Å²) in [4.78, 5) is 23.0. The lowest BCUT2D eigenvalue weighted by Gasteiger charge is -2.18. The second-order valence-corrected chi connectivity index (χ2v) is 7.76. The molecule has 1 amide bonds. The smallest absolute Gasteiger partial charge is 0.310 e. The predicted molar refractivity (Wildman–Crippen MR) is 86.3 cm³/mol. The summed E-state index contributed by atoms with van der Waals surface area (Å²) in [6, 6.07) is 6.66. The van der Waals surface area contributed by atoms with Gasteiger partial charge in [0.2, 0.25) is 5.91 Å². The van der Waals surface area contributed by atoms with Crippen molar-refractivity contribution in [3.05, 3.63) is 24.3 Å². The zero-order chi connectivity index (χ0) is 17.7. The number of anilines is 1. The lowest BCUT2D eigenvalue weighted by atomic mass is 9.97. The Morgan fingerprint density at radius 1 is 1.26 bits per heavy atom. The highest BCUT2D eigenvalue weighted by Gasteiger charge is 2.34. The largest absolute Gasteiger partial charge is 0.492 e. The Kier molecular flexibility index (Phi) is 6.14. The summed E-state index contributed by atoms with van der Waals surface area (Å²) < 4.78 is 29.4. The van der Waals surface area contributed by atoms with Crippen LogP contribution in [-0.4, -0.2) is 43.5 Å². The van der Waals surface area contributed by atoms with E-state index in [0.717, 1.165) is 0 Å². The normalized spacial score (nSPS) is 11.8. The number of sulfone groups is 1. The lowest BCUT2D eigenvalue weighted by molar-refractivity contribution is -0.145. The fraction of sp³-hybridized carbons (Fsp3) is 0.467. The Morgan fingerprint density at radius 2 is 1.87 bits per heavy atom. The van der Waals surface area contributed by atoms with Crippen LogP contribution in [0.3, 0.4) is 0 Å². The first-order chi connectivity index (χ1) is 10.6. The van der Waals surface area contributed by atoms with Crippen molar-refractivity contribution in [1.29, 1.82) is 0 Å². The van der Waals surface area contributed by atoms with Gasteiger partial charge in [0.15, 0.2) is 9.84 Å². The third kappa shape index (κ3) is 5.90. The van der Waals surface area contributed by atoms with Gasteiger partial charge >= 0.3 is 5.97 Å². The van der Waals surface area contributed by atoms with Gasteiger partial charge in [0.1, 0.15) is 11.5 Å². The van der Waals surface area contributed by atoms with E-state index in [1.165, 1.54) is 13.8 Å². The van der Waals surface area contributed by atoms with Crippen LogP contribution >= 0.6 is 0 Å². The molecule has 0 saturated carbocycles. The van der Waals surface area contributed by atoms with E-state index < -0.39 is 38.6 Å². The third-order valence-corrected chi connectivity index (χ3v) is 4.84. The maximum atomic E-state index is 12.0. The van der Waals surface area contributed by atoms with Crippen LogP contribution in [0.15, 0.2) is 24.3 Å². The van der Waals surface area contributed by atoms with Gasteiger partial charge in [0.25, 0.3) is 0 Å².